The number of aliphatic imine (C=N–C) groups is 1. The third-order valence-corrected chi connectivity index (χ3v) is 6.53. The van der Waals surface area contributed by atoms with E-state index in [9.17, 15) is 9.59 Å². The quantitative estimate of drug-likeness (QED) is 0.553. The highest BCUT2D eigenvalue weighted by molar-refractivity contribution is 8.15. The van der Waals surface area contributed by atoms with Gasteiger partial charge in [0, 0.05) is 18.3 Å². The Hall–Kier alpha value is -3.45. The van der Waals surface area contributed by atoms with Gasteiger partial charge in [-0.3, -0.25) is 19.5 Å². The van der Waals surface area contributed by atoms with E-state index in [1.807, 2.05) is 81.4 Å². The minimum atomic E-state index is -0.539. The van der Waals surface area contributed by atoms with Crippen molar-refractivity contribution in [2.24, 2.45) is 4.99 Å². The first kappa shape index (κ1) is 22.7. The molecule has 1 fully saturated rings. The lowest BCUT2D eigenvalue weighted by atomic mass is 10.1. The molecule has 1 saturated heterocycles. The van der Waals surface area contributed by atoms with Crippen molar-refractivity contribution in [1.29, 1.82) is 0 Å². The van der Waals surface area contributed by atoms with E-state index in [1.165, 1.54) is 11.8 Å². The minimum absolute atomic E-state index is 0.0713. The molecule has 1 atom stereocenters. The Morgan fingerprint density at radius 1 is 1.06 bits per heavy atom. The predicted molar refractivity (Wildman–Crippen MR) is 134 cm³/mol. The standard InChI is InChI=1S/C26H26N4O2S/c1-17-8-11-20(12-9-17)28-24(31)15-23-25(32)30(16-21-6-4-5-13-27-21)26(33-23)29-22-14-18(2)7-10-19(22)3/h4-14,23H,15-16H2,1-3H3,(H,28,31). The predicted octanol–water partition coefficient (Wildman–Crippen LogP) is 5.17. The lowest BCUT2D eigenvalue weighted by Crippen LogP contribution is -2.33. The molecule has 1 aromatic heterocycles. The molecule has 1 N–H and O–H groups in total. The van der Waals surface area contributed by atoms with Crippen LogP contribution in [0.25, 0.3) is 0 Å². The van der Waals surface area contributed by atoms with Gasteiger partial charge in [-0.25, -0.2) is 4.99 Å². The van der Waals surface area contributed by atoms with E-state index in [0.29, 0.717) is 11.7 Å². The van der Waals surface area contributed by atoms with Gasteiger partial charge in [-0.15, -0.1) is 0 Å². The number of amidine groups is 1. The van der Waals surface area contributed by atoms with Crippen LogP contribution in [-0.2, 0) is 16.1 Å². The molecular formula is C26H26N4O2S. The Bertz CT molecular complexity index is 1190. The molecule has 2 amide bonds. The number of benzene rings is 2. The Morgan fingerprint density at radius 2 is 1.82 bits per heavy atom. The van der Waals surface area contributed by atoms with E-state index >= 15 is 0 Å². The summed E-state index contributed by atoms with van der Waals surface area (Å²) in [6.07, 6.45) is 1.78. The molecule has 6 nitrogen and oxygen atoms in total. The first-order chi connectivity index (χ1) is 15.9. The SMILES string of the molecule is Cc1ccc(NC(=O)CC2SC(=Nc3cc(C)ccc3C)N(Cc3ccccn3)C2=O)cc1. The average Bonchev–Trinajstić information content (AvgIpc) is 3.07. The number of hydrogen-bond acceptors (Lipinski definition) is 5. The van der Waals surface area contributed by atoms with Crippen LogP contribution in [0.3, 0.4) is 0 Å². The summed E-state index contributed by atoms with van der Waals surface area (Å²) in [6.45, 7) is 6.31. The van der Waals surface area contributed by atoms with E-state index in [0.717, 1.165) is 33.8 Å². The van der Waals surface area contributed by atoms with E-state index in [1.54, 1.807) is 11.1 Å². The van der Waals surface area contributed by atoms with Crippen LogP contribution in [0.1, 0.15) is 28.8 Å². The zero-order chi connectivity index (χ0) is 23.4. The number of aryl methyl sites for hydroxylation is 3. The number of carbonyl (C=O) groups excluding carboxylic acids is 2. The maximum atomic E-state index is 13.3. The summed E-state index contributed by atoms with van der Waals surface area (Å²) < 4.78 is 0. The highest BCUT2D eigenvalue weighted by Crippen LogP contribution is 2.34. The lowest BCUT2D eigenvalue weighted by molar-refractivity contribution is -0.128. The number of aromatic nitrogens is 1. The molecule has 7 heteroatoms. The van der Waals surface area contributed by atoms with Gasteiger partial charge in [0.2, 0.25) is 11.8 Å². The Balaban J connectivity index is 1.57. The molecule has 0 bridgehead atoms. The maximum Gasteiger partial charge on any atom is 0.243 e. The molecule has 0 aliphatic carbocycles. The van der Waals surface area contributed by atoms with Crippen LogP contribution in [-0.4, -0.2) is 32.1 Å². The van der Waals surface area contributed by atoms with Gasteiger partial charge in [0.25, 0.3) is 0 Å². The fourth-order valence-electron chi connectivity index (χ4n) is 3.48. The second-order valence-corrected chi connectivity index (χ2v) is 9.32. The minimum Gasteiger partial charge on any atom is -0.326 e. The van der Waals surface area contributed by atoms with E-state index < -0.39 is 5.25 Å². The molecule has 0 radical (unpaired) electrons. The van der Waals surface area contributed by atoms with Gasteiger partial charge in [0.15, 0.2) is 5.17 Å². The summed E-state index contributed by atoms with van der Waals surface area (Å²) in [5.41, 5.74) is 5.55. The van der Waals surface area contributed by atoms with E-state index in [-0.39, 0.29) is 18.2 Å². The van der Waals surface area contributed by atoms with Gasteiger partial charge in [0.05, 0.1) is 17.9 Å². The summed E-state index contributed by atoms with van der Waals surface area (Å²) in [7, 11) is 0. The third-order valence-electron chi connectivity index (χ3n) is 5.35. The molecular weight excluding hydrogens is 432 g/mol. The van der Waals surface area contributed by atoms with Gasteiger partial charge in [-0.05, 0) is 62.2 Å². The number of rotatable bonds is 6. The van der Waals surface area contributed by atoms with Gasteiger partial charge in [0.1, 0.15) is 5.25 Å². The second-order valence-electron chi connectivity index (χ2n) is 8.15. The zero-order valence-electron chi connectivity index (χ0n) is 18.9. The molecule has 1 unspecified atom stereocenters. The van der Waals surface area contributed by atoms with Crippen LogP contribution in [0, 0.1) is 20.8 Å². The van der Waals surface area contributed by atoms with Crippen LogP contribution in [0.15, 0.2) is 71.9 Å². The molecule has 1 aliphatic heterocycles. The van der Waals surface area contributed by atoms with Crippen molar-refractivity contribution >= 4 is 40.1 Å². The summed E-state index contributed by atoms with van der Waals surface area (Å²) in [4.78, 5) is 36.8. The highest BCUT2D eigenvalue weighted by Gasteiger charge is 2.39. The molecule has 1 aliphatic rings. The molecule has 3 aromatic rings. The van der Waals surface area contributed by atoms with Crippen molar-refractivity contribution in [2.75, 3.05) is 5.32 Å². The number of thioether (sulfide) groups is 1. The first-order valence-electron chi connectivity index (χ1n) is 10.8. The Labute approximate surface area is 198 Å². The van der Waals surface area contributed by atoms with Crippen LogP contribution < -0.4 is 5.32 Å². The van der Waals surface area contributed by atoms with Crippen molar-refractivity contribution in [3.05, 3.63) is 89.2 Å². The van der Waals surface area contributed by atoms with Crippen molar-refractivity contribution in [1.82, 2.24) is 9.88 Å². The molecule has 0 saturated carbocycles. The Morgan fingerprint density at radius 3 is 2.55 bits per heavy atom. The number of carbonyl (C=O) groups is 2. The van der Waals surface area contributed by atoms with Crippen LogP contribution in [0.5, 0.6) is 0 Å². The third kappa shape index (κ3) is 5.68. The highest BCUT2D eigenvalue weighted by atomic mass is 32.2. The molecule has 168 valence electrons. The topological polar surface area (TPSA) is 74.7 Å². The fraction of sp³-hybridized carbons (Fsp3) is 0.231. The summed E-state index contributed by atoms with van der Waals surface area (Å²) in [5.74, 6) is -0.329. The lowest BCUT2D eigenvalue weighted by Gasteiger charge is -2.16. The van der Waals surface area contributed by atoms with E-state index in [2.05, 4.69) is 10.3 Å². The number of pyridine rings is 1. The molecule has 2 heterocycles. The molecule has 33 heavy (non-hydrogen) atoms. The number of anilines is 1. The van der Waals surface area contributed by atoms with Gasteiger partial charge in [-0.1, -0.05) is 47.7 Å². The number of nitrogens with zero attached hydrogens (tertiary/aromatic N) is 3. The molecule has 4 rings (SSSR count). The van der Waals surface area contributed by atoms with Gasteiger partial charge >= 0.3 is 0 Å². The van der Waals surface area contributed by atoms with Crippen molar-refractivity contribution < 1.29 is 9.59 Å². The number of amides is 2. The monoisotopic (exact) mass is 458 g/mol. The second kappa shape index (κ2) is 10.0. The van der Waals surface area contributed by atoms with Gasteiger partial charge < -0.3 is 5.32 Å². The molecule has 2 aromatic carbocycles. The van der Waals surface area contributed by atoms with Crippen LogP contribution in [0.4, 0.5) is 11.4 Å². The molecule has 0 spiro atoms. The van der Waals surface area contributed by atoms with Crippen molar-refractivity contribution in [3.63, 3.8) is 0 Å². The summed E-state index contributed by atoms with van der Waals surface area (Å²) in [5, 5.41) is 2.94. The van der Waals surface area contributed by atoms with Gasteiger partial charge in [-0.2, -0.15) is 0 Å². The average molecular weight is 459 g/mol. The van der Waals surface area contributed by atoms with Crippen LogP contribution >= 0.6 is 11.8 Å². The summed E-state index contributed by atoms with van der Waals surface area (Å²) in [6, 6.07) is 19.3. The number of nitrogens with one attached hydrogen (secondary N) is 1. The largest absolute Gasteiger partial charge is 0.326 e. The number of hydrogen-bond donors (Lipinski definition) is 1. The van der Waals surface area contributed by atoms with Crippen molar-refractivity contribution in [3.8, 4) is 0 Å². The first-order valence-corrected chi connectivity index (χ1v) is 11.7. The zero-order valence-corrected chi connectivity index (χ0v) is 19.7. The fourth-order valence-corrected chi connectivity index (χ4v) is 4.63. The maximum absolute atomic E-state index is 13.3. The smallest absolute Gasteiger partial charge is 0.243 e. The van der Waals surface area contributed by atoms with Crippen LogP contribution in [0.2, 0.25) is 0 Å². The Kier molecular flexibility index (Phi) is 6.89. The van der Waals surface area contributed by atoms with Crippen molar-refractivity contribution in [2.45, 2.75) is 39.0 Å². The normalized spacial score (nSPS) is 16.9. The van der Waals surface area contributed by atoms with E-state index in [4.69, 9.17) is 4.99 Å². The summed E-state index contributed by atoms with van der Waals surface area (Å²) >= 11 is 1.33.